The van der Waals surface area contributed by atoms with Crippen LogP contribution in [0.25, 0.3) is 0 Å². The average Bonchev–Trinajstić information content (AvgIpc) is 2.63. The van der Waals surface area contributed by atoms with Crippen molar-refractivity contribution in [2.75, 3.05) is 13.2 Å². The third-order valence-electron chi connectivity index (χ3n) is 3.50. The molecule has 6 nitrogen and oxygen atoms in total. The van der Waals surface area contributed by atoms with Gasteiger partial charge in [0.25, 0.3) is 0 Å². The van der Waals surface area contributed by atoms with Gasteiger partial charge in [-0.15, -0.1) is 12.4 Å². The molecule has 2 aromatic rings. The van der Waals surface area contributed by atoms with E-state index in [1.165, 1.54) is 30.3 Å². The molecule has 0 unspecified atom stereocenters. The number of hydrogen-bond acceptors (Lipinski definition) is 6. The Morgan fingerprint density at radius 1 is 1.15 bits per heavy atom. The predicted molar refractivity (Wildman–Crippen MR) is 105 cm³/mol. The van der Waals surface area contributed by atoms with Crippen LogP contribution in [0.1, 0.15) is 28.4 Å². The first-order valence-electron chi connectivity index (χ1n) is 7.72. The second-order valence-electron chi connectivity index (χ2n) is 5.21. The maximum atomic E-state index is 12.7. The summed E-state index contributed by atoms with van der Waals surface area (Å²) in [4.78, 5) is 24.0. The van der Waals surface area contributed by atoms with Crippen LogP contribution in [0.3, 0.4) is 0 Å². The summed E-state index contributed by atoms with van der Waals surface area (Å²) in [7, 11) is 0. The molecule has 0 aliphatic carbocycles. The molecular formula is C18H18Cl3NO5. The van der Waals surface area contributed by atoms with Gasteiger partial charge in [-0.1, -0.05) is 23.2 Å². The van der Waals surface area contributed by atoms with Crippen LogP contribution >= 0.6 is 35.6 Å². The van der Waals surface area contributed by atoms with Crippen molar-refractivity contribution in [1.29, 1.82) is 0 Å². The summed E-state index contributed by atoms with van der Waals surface area (Å²) in [5.41, 5.74) is 6.44. The predicted octanol–water partition coefficient (Wildman–Crippen LogP) is 3.75. The van der Waals surface area contributed by atoms with Crippen molar-refractivity contribution in [1.82, 2.24) is 0 Å². The molecular weight excluding hydrogens is 417 g/mol. The molecule has 3 N–H and O–H groups in total. The van der Waals surface area contributed by atoms with Gasteiger partial charge < -0.3 is 20.3 Å². The monoisotopic (exact) mass is 433 g/mol. The summed E-state index contributed by atoms with van der Waals surface area (Å²) >= 11 is 12.4. The number of aromatic hydroxyl groups is 1. The molecule has 0 aliphatic heterocycles. The molecule has 0 aliphatic rings. The summed E-state index contributed by atoms with van der Waals surface area (Å²) in [6.45, 7) is 1.68. The number of phenols is 1. The minimum atomic E-state index is -0.543. The lowest BCUT2D eigenvalue weighted by atomic mass is 10.0. The van der Waals surface area contributed by atoms with E-state index in [1.807, 2.05) is 0 Å². The van der Waals surface area contributed by atoms with Gasteiger partial charge in [0.05, 0.1) is 11.6 Å². The van der Waals surface area contributed by atoms with Gasteiger partial charge in [0.2, 0.25) is 0 Å². The van der Waals surface area contributed by atoms with Crippen LogP contribution in [-0.4, -0.2) is 30.1 Å². The zero-order valence-electron chi connectivity index (χ0n) is 14.3. The molecule has 27 heavy (non-hydrogen) atoms. The first-order chi connectivity index (χ1) is 12.4. The number of rotatable bonds is 7. The van der Waals surface area contributed by atoms with Crippen LogP contribution in [0.15, 0.2) is 30.3 Å². The molecule has 2 rings (SSSR count). The van der Waals surface area contributed by atoms with E-state index in [1.54, 1.807) is 6.92 Å². The minimum absolute atomic E-state index is 0. The highest BCUT2D eigenvalue weighted by Crippen LogP contribution is 2.36. The lowest BCUT2D eigenvalue weighted by Gasteiger charge is -2.12. The van der Waals surface area contributed by atoms with E-state index >= 15 is 0 Å². The molecule has 146 valence electrons. The summed E-state index contributed by atoms with van der Waals surface area (Å²) in [5.74, 6) is -0.757. The molecule has 0 saturated carbocycles. The normalized spacial score (nSPS) is 10.1. The fraction of sp³-hybridized carbons (Fsp3) is 0.222. The Labute approximate surface area is 172 Å². The number of ether oxygens (including phenoxy) is 2. The van der Waals surface area contributed by atoms with E-state index in [0.717, 1.165) is 0 Å². The molecule has 0 saturated heterocycles. The molecule has 0 radical (unpaired) electrons. The number of benzene rings is 2. The Hall–Kier alpha value is -1.99. The number of phenolic OH excluding ortho intramolecular Hbond substituents is 1. The van der Waals surface area contributed by atoms with Gasteiger partial charge in [0.1, 0.15) is 16.5 Å². The Morgan fingerprint density at radius 2 is 1.85 bits per heavy atom. The van der Waals surface area contributed by atoms with Crippen molar-refractivity contribution in [3.05, 3.63) is 57.1 Å². The Bertz CT molecular complexity index is 842. The number of nitrogens with two attached hydrogens (primary N) is 1. The zero-order chi connectivity index (χ0) is 19.3. The lowest BCUT2D eigenvalue weighted by Crippen LogP contribution is -2.15. The molecule has 2 aromatic carbocycles. The van der Waals surface area contributed by atoms with E-state index < -0.39 is 5.97 Å². The van der Waals surface area contributed by atoms with Crippen molar-refractivity contribution >= 4 is 47.4 Å². The van der Waals surface area contributed by atoms with Gasteiger partial charge in [-0.25, -0.2) is 4.79 Å². The number of hydrogen-bond donors (Lipinski definition) is 2. The highest BCUT2D eigenvalue weighted by molar-refractivity contribution is 6.45. The van der Waals surface area contributed by atoms with Crippen LogP contribution in [-0.2, 0) is 16.1 Å². The van der Waals surface area contributed by atoms with Crippen molar-refractivity contribution in [3.8, 4) is 11.5 Å². The molecule has 9 heteroatoms. The topological polar surface area (TPSA) is 98.8 Å². The smallest absolute Gasteiger partial charge is 0.344 e. The second-order valence-corrected chi connectivity index (χ2v) is 5.97. The molecule has 0 spiro atoms. The van der Waals surface area contributed by atoms with Gasteiger partial charge >= 0.3 is 5.97 Å². The quantitative estimate of drug-likeness (QED) is 0.508. The van der Waals surface area contributed by atoms with Crippen LogP contribution in [0.5, 0.6) is 11.5 Å². The number of halogens is 3. The van der Waals surface area contributed by atoms with Gasteiger partial charge in [0, 0.05) is 23.2 Å². The standard InChI is InChI=1S/C18H17Cl2NO5.ClH/c1-2-25-15(23)9-26-14-6-4-12(16(19)17(14)20)18(24)10-3-5-13(22)11(7-10)8-21;/h3-7,22H,2,8-9,21H2,1H3;1H. The largest absolute Gasteiger partial charge is 0.508 e. The van der Waals surface area contributed by atoms with Gasteiger partial charge in [0.15, 0.2) is 12.4 Å². The van der Waals surface area contributed by atoms with Crippen LogP contribution in [0.2, 0.25) is 10.0 Å². The fourth-order valence-corrected chi connectivity index (χ4v) is 2.66. The van der Waals surface area contributed by atoms with Crippen LogP contribution in [0, 0.1) is 0 Å². The van der Waals surface area contributed by atoms with Crippen LogP contribution in [0.4, 0.5) is 0 Å². The Morgan fingerprint density at radius 3 is 2.48 bits per heavy atom. The van der Waals surface area contributed by atoms with E-state index in [4.69, 9.17) is 38.4 Å². The summed E-state index contributed by atoms with van der Waals surface area (Å²) in [5, 5.41) is 9.69. The van der Waals surface area contributed by atoms with Crippen LogP contribution < -0.4 is 10.5 Å². The molecule has 0 aromatic heterocycles. The van der Waals surface area contributed by atoms with E-state index in [2.05, 4.69) is 0 Å². The molecule has 0 atom stereocenters. The molecule has 0 amide bonds. The third-order valence-corrected chi connectivity index (χ3v) is 4.37. The highest BCUT2D eigenvalue weighted by atomic mass is 35.5. The number of esters is 1. The van der Waals surface area contributed by atoms with E-state index in [9.17, 15) is 14.7 Å². The molecule has 0 fully saturated rings. The van der Waals surface area contributed by atoms with Crippen molar-refractivity contribution in [2.24, 2.45) is 5.73 Å². The summed E-state index contributed by atoms with van der Waals surface area (Å²) in [6, 6.07) is 7.25. The fourth-order valence-electron chi connectivity index (χ4n) is 2.20. The lowest BCUT2D eigenvalue weighted by molar-refractivity contribution is -0.145. The van der Waals surface area contributed by atoms with Crippen molar-refractivity contribution < 1.29 is 24.2 Å². The maximum absolute atomic E-state index is 12.7. The number of carbonyl (C=O) groups is 2. The van der Waals surface area contributed by atoms with Crippen molar-refractivity contribution in [3.63, 3.8) is 0 Å². The Balaban J connectivity index is 0.00000364. The summed E-state index contributed by atoms with van der Waals surface area (Å²) in [6.07, 6.45) is 0. The SMILES string of the molecule is CCOC(=O)COc1ccc(C(=O)c2ccc(O)c(CN)c2)c(Cl)c1Cl.Cl. The number of ketones is 1. The van der Waals surface area contributed by atoms with Gasteiger partial charge in [-0.2, -0.15) is 0 Å². The minimum Gasteiger partial charge on any atom is -0.508 e. The summed E-state index contributed by atoms with van der Waals surface area (Å²) < 4.78 is 10.0. The maximum Gasteiger partial charge on any atom is 0.344 e. The molecule has 0 bridgehead atoms. The van der Waals surface area contributed by atoms with E-state index in [-0.39, 0.29) is 65.1 Å². The second kappa shape index (κ2) is 10.4. The highest BCUT2D eigenvalue weighted by Gasteiger charge is 2.19. The van der Waals surface area contributed by atoms with Crippen molar-refractivity contribution in [2.45, 2.75) is 13.5 Å². The first-order valence-corrected chi connectivity index (χ1v) is 8.47. The van der Waals surface area contributed by atoms with E-state index in [0.29, 0.717) is 11.1 Å². The van der Waals surface area contributed by atoms with Gasteiger partial charge in [-0.05, 0) is 37.3 Å². The third kappa shape index (κ3) is 5.49. The molecule has 0 heterocycles. The zero-order valence-corrected chi connectivity index (χ0v) is 16.7. The number of carbonyl (C=O) groups excluding carboxylic acids is 2. The Kier molecular flexibility index (Phi) is 8.85. The van der Waals surface area contributed by atoms with Gasteiger partial charge in [-0.3, -0.25) is 4.79 Å². The first kappa shape index (κ1) is 23.0. The average molecular weight is 435 g/mol.